The molecule has 1 aliphatic heterocycles. The van der Waals surface area contributed by atoms with Crippen LogP contribution in [0.4, 0.5) is 0 Å². The van der Waals surface area contributed by atoms with E-state index in [4.69, 9.17) is 27.6 Å². The van der Waals surface area contributed by atoms with Gasteiger partial charge in [-0.25, -0.2) is 0 Å². The van der Waals surface area contributed by atoms with Gasteiger partial charge in [-0.3, -0.25) is 14.5 Å². The van der Waals surface area contributed by atoms with Gasteiger partial charge in [0.05, 0.1) is 11.6 Å². The zero-order chi connectivity index (χ0) is 22.8. The van der Waals surface area contributed by atoms with Gasteiger partial charge >= 0.3 is 0 Å². The standard InChI is InChI=1S/C25H16Cl2N2O3/c1-15-19(12-18-8-10-23(32-18)20-11-17(26)7-9-22(20)27)24(30)29(25(31)21(15)13-28)14-16-5-3-2-4-6-16/h2-12H,14H2,1H3/b19-12+. The van der Waals surface area contributed by atoms with Crippen LogP contribution in [0.15, 0.2) is 81.8 Å². The Morgan fingerprint density at radius 1 is 1.03 bits per heavy atom. The van der Waals surface area contributed by atoms with Crippen molar-refractivity contribution in [3.8, 4) is 17.4 Å². The molecule has 0 fully saturated rings. The molecule has 0 aliphatic carbocycles. The lowest BCUT2D eigenvalue weighted by Gasteiger charge is -2.27. The fraction of sp³-hybridized carbons (Fsp3) is 0.0800. The number of carbonyl (C=O) groups is 2. The van der Waals surface area contributed by atoms with Crippen LogP contribution in [0.1, 0.15) is 18.2 Å². The average Bonchev–Trinajstić information content (AvgIpc) is 3.25. The maximum atomic E-state index is 13.2. The minimum Gasteiger partial charge on any atom is -0.457 e. The molecule has 0 N–H and O–H groups in total. The summed E-state index contributed by atoms with van der Waals surface area (Å²) in [5.41, 5.74) is 1.85. The molecule has 2 amide bonds. The fourth-order valence-corrected chi connectivity index (χ4v) is 3.83. The lowest BCUT2D eigenvalue weighted by atomic mass is 9.94. The van der Waals surface area contributed by atoms with E-state index in [1.807, 2.05) is 36.4 Å². The first-order valence-corrected chi connectivity index (χ1v) is 10.4. The molecule has 5 nitrogen and oxygen atoms in total. The van der Waals surface area contributed by atoms with E-state index >= 15 is 0 Å². The molecule has 4 rings (SSSR count). The van der Waals surface area contributed by atoms with Crippen molar-refractivity contribution < 1.29 is 14.0 Å². The summed E-state index contributed by atoms with van der Waals surface area (Å²) in [4.78, 5) is 27.1. The number of imide groups is 1. The van der Waals surface area contributed by atoms with Crippen molar-refractivity contribution >= 4 is 41.1 Å². The van der Waals surface area contributed by atoms with Crippen molar-refractivity contribution in [1.82, 2.24) is 4.90 Å². The molecular weight excluding hydrogens is 447 g/mol. The number of nitriles is 1. The number of hydrogen-bond acceptors (Lipinski definition) is 4. The van der Waals surface area contributed by atoms with Gasteiger partial charge in [-0.15, -0.1) is 0 Å². The van der Waals surface area contributed by atoms with E-state index < -0.39 is 11.8 Å². The molecular formula is C25H16Cl2N2O3. The van der Waals surface area contributed by atoms with Crippen molar-refractivity contribution in [2.75, 3.05) is 0 Å². The summed E-state index contributed by atoms with van der Waals surface area (Å²) in [7, 11) is 0. The molecule has 0 saturated heterocycles. The summed E-state index contributed by atoms with van der Waals surface area (Å²) in [6.45, 7) is 1.65. The molecule has 0 saturated carbocycles. The number of benzene rings is 2. The van der Waals surface area contributed by atoms with E-state index in [1.54, 1.807) is 37.3 Å². The molecule has 32 heavy (non-hydrogen) atoms. The largest absolute Gasteiger partial charge is 0.457 e. The van der Waals surface area contributed by atoms with E-state index in [0.717, 1.165) is 10.5 Å². The number of halogens is 2. The van der Waals surface area contributed by atoms with Crippen molar-refractivity contribution in [1.29, 1.82) is 5.26 Å². The number of amides is 2. The number of carbonyl (C=O) groups excluding carboxylic acids is 2. The molecule has 1 aromatic heterocycles. The van der Waals surface area contributed by atoms with Crippen LogP contribution in [-0.4, -0.2) is 16.7 Å². The van der Waals surface area contributed by atoms with Gasteiger partial charge in [0.25, 0.3) is 11.8 Å². The zero-order valence-electron chi connectivity index (χ0n) is 16.9. The predicted molar refractivity (Wildman–Crippen MR) is 122 cm³/mol. The third-order valence-electron chi connectivity index (χ3n) is 5.12. The maximum Gasteiger partial charge on any atom is 0.271 e. The predicted octanol–water partition coefficient (Wildman–Crippen LogP) is 6.05. The van der Waals surface area contributed by atoms with Gasteiger partial charge in [0.15, 0.2) is 0 Å². The molecule has 7 heteroatoms. The van der Waals surface area contributed by atoms with Gasteiger partial charge in [-0.2, -0.15) is 5.26 Å². The summed E-state index contributed by atoms with van der Waals surface area (Å²) in [6.07, 6.45) is 1.53. The summed E-state index contributed by atoms with van der Waals surface area (Å²) in [5, 5.41) is 10.5. The molecule has 3 aromatic rings. The van der Waals surface area contributed by atoms with Gasteiger partial charge < -0.3 is 4.42 Å². The topological polar surface area (TPSA) is 74.3 Å². The van der Waals surface area contributed by atoms with Gasteiger partial charge in [0.1, 0.15) is 23.2 Å². The van der Waals surface area contributed by atoms with Crippen LogP contribution in [0, 0.1) is 11.3 Å². The molecule has 0 unspecified atom stereocenters. The van der Waals surface area contributed by atoms with Crippen molar-refractivity contribution in [2.45, 2.75) is 13.5 Å². The first-order chi connectivity index (χ1) is 15.4. The summed E-state index contributed by atoms with van der Waals surface area (Å²) in [5.74, 6) is -0.243. The second-order valence-corrected chi connectivity index (χ2v) is 8.02. The highest BCUT2D eigenvalue weighted by molar-refractivity contribution is 6.35. The van der Waals surface area contributed by atoms with E-state index in [-0.39, 0.29) is 17.7 Å². The molecule has 0 spiro atoms. The molecule has 0 bridgehead atoms. The normalized spacial score (nSPS) is 15.4. The van der Waals surface area contributed by atoms with Gasteiger partial charge in [0.2, 0.25) is 0 Å². The highest BCUT2D eigenvalue weighted by Gasteiger charge is 2.35. The second-order valence-electron chi connectivity index (χ2n) is 7.18. The van der Waals surface area contributed by atoms with E-state index in [0.29, 0.717) is 32.7 Å². The number of nitrogens with zero attached hydrogens (tertiary/aromatic N) is 2. The Balaban J connectivity index is 1.73. The lowest BCUT2D eigenvalue weighted by Crippen LogP contribution is -2.42. The first-order valence-electron chi connectivity index (χ1n) is 9.67. The van der Waals surface area contributed by atoms with E-state index in [9.17, 15) is 14.9 Å². The number of rotatable bonds is 4. The monoisotopic (exact) mass is 462 g/mol. The van der Waals surface area contributed by atoms with Gasteiger partial charge in [0, 0.05) is 16.2 Å². The SMILES string of the molecule is CC1=C(C#N)C(=O)N(Cc2ccccc2)C(=O)/C1=C/c1ccc(-c2cc(Cl)ccc2Cl)o1. The van der Waals surface area contributed by atoms with Crippen LogP contribution in [-0.2, 0) is 16.1 Å². The van der Waals surface area contributed by atoms with Crippen LogP contribution in [0.25, 0.3) is 17.4 Å². The maximum absolute atomic E-state index is 13.2. The summed E-state index contributed by atoms with van der Waals surface area (Å²) < 4.78 is 5.87. The quantitative estimate of drug-likeness (QED) is 0.349. The smallest absolute Gasteiger partial charge is 0.271 e. The fourth-order valence-electron chi connectivity index (χ4n) is 3.44. The van der Waals surface area contributed by atoms with Crippen LogP contribution >= 0.6 is 23.2 Å². The molecule has 2 aromatic carbocycles. The van der Waals surface area contributed by atoms with Crippen molar-refractivity contribution in [3.63, 3.8) is 0 Å². The third kappa shape index (κ3) is 4.11. The molecule has 1 aliphatic rings. The second kappa shape index (κ2) is 8.88. The Morgan fingerprint density at radius 3 is 2.50 bits per heavy atom. The third-order valence-corrected chi connectivity index (χ3v) is 5.68. The Kier molecular flexibility index (Phi) is 6.00. The number of hydrogen-bond donors (Lipinski definition) is 0. The highest BCUT2D eigenvalue weighted by Crippen LogP contribution is 2.33. The Labute approximate surface area is 194 Å². The Bertz CT molecular complexity index is 1330. The van der Waals surface area contributed by atoms with E-state index in [1.165, 1.54) is 6.08 Å². The summed E-state index contributed by atoms with van der Waals surface area (Å²) in [6, 6.07) is 19.5. The minimum absolute atomic E-state index is 0.0653. The van der Waals surface area contributed by atoms with Crippen LogP contribution in [0.2, 0.25) is 10.0 Å². The summed E-state index contributed by atoms with van der Waals surface area (Å²) >= 11 is 12.3. The van der Waals surface area contributed by atoms with Crippen molar-refractivity contribution in [2.24, 2.45) is 0 Å². The molecule has 2 heterocycles. The van der Waals surface area contributed by atoms with Gasteiger partial charge in [-0.1, -0.05) is 53.5 Å². The van der Waals surface area contributed by atoms with Crippen LogP contribution < -0.4 is 0 Å². The Hall–Kier alpha value is -3.59. The highest BCUT2D eigenvalue weighted by atomic mass is 35.5. The molecule has 0 atom stereocenters. The van der Waals surface area contributed by atoms with Crippen LogP contribution in [0.5, 0.6) is 0 Å². The molecule has 0 radical (unpaired) electrons. The average molecular weight is 463 g/mol. The minimum atomic E-state index is -0.609. The zero-order valence-corrected chi connectivity index (χ0v) is 18.4. The first kappa shape index (κ1) is 21.6. The Morgan fingerprint density at radius 2 is 1.78 bits per heavy atom. The van der Waals surface area contributed by atoms with Gasteiger partial charge in [-0.05, 0) is 54.5 Å². The number of furan rings is 1. The molecule has 158 valence electrons. The van der Waals surface area contributed by atoms with Crippen molar-refractivity contribution in [3.05, 3.63) is 98.8 Å². The van der Waals surface area contributed by atoms with E-state index in [2.05, 4.69) is 0 Å². The lowest BCUT2D eigenvalue weighted by molar-refractivity contribution is -0.141. The van der Waals surface area contributed by atoms with Crippen LogP contribution in [0.3, 0.4) is 0 Å².